The van der Waals surface area contributed by atoms with Crippen LogP contribution >= 0.6 is 0 Å². The fourth-order valence-corrected chi connectivity index (χ4v) is 1.79. The fraction of sp³-hybridized carbons (Fsp3) is 0.250. The van der Waals surface area contributed by atoms with Gasteiger partial charge in [-0.25, -0.2) is 0 Å². The first kappa shape index (κ1) is 14.3. The monoisotopic (exact) mass is 243 g/mol. The van der Waals surface area contributed by atoms with Gasteiger partial charge in [0.1, 0.15) is 5.75 Å². The van der Waals surface area contributed by atoms with Gasteiger partial charge in [-0.05, 0) is 43.5 Å². The first-order valence-electron chi connectivity index (χ1n) is 6.02. The molecule has 18 heavy (non-hydrogen) atoms. The highest BCUT2D eigenvalue weighted by Crippen LogP contribution is 2.27. The van der Waals surface area contributed by atoms with Gasteiger partial charge in [-0.1, -0.05) is 43.0 Å². The Morgan fingerprint density at radius 1 is 1.39 bits per heavy atom. The molecular weight excluding hydrogens is 222 g/mol. The van der Waals surface area contributed by atoms with Crippen molar-refractivity contribution in [3.8, 4) is 5.75 Å². The lowest BCUT2D eigenvalue weighted by Crippen LogP contribution is -2.33. The first-order chi connectivity index (χ1) is 8.49. The Kier molecular flexibility index (Phi) is 4.93. The summed E-state index contributed by atoms with van der Waals surface area (Å²) in [6.45, 7) is 7.76. The zero-order chi connectivity index (χ0) is 13.6. The van der Waals surface area contributed by atoms with E-state index < -0.39 is 5.54 Å². The van der Waals surface area contributed by atoms with Gasteiger partial charge in [-0.2, -0.15) is 0 Å². The lowest BCUT2D eigenvalue weighted by atomic mass is 9.86. The summed E-state index contributed by atoms with van der Waals surface area (Å²) in [5, 5.41) is 9.29. The summed E-state index contributed by atoms with van der Waals surface area (Å²) in [6, 6.07) is 7.02. The Bertz CT molecular complexity index is 452. The number of rotatable bonds is 5. The average Bonchev–Trinajstić information content (AvgIpc) is 2.35. The Balaban J connectivity index is 2.92. The highest BCUT2D eigenvalue weighted by atomic mass is 16.3. The molecular formula is C16H21NO. The van der Waals surface area contributed by atoms with E-state index in [1.54, 1.807) is 12.1 Å². The molecule has 1 rings (SSSR count). The zero-order valence-corrected chi connectivity index (χ0v) is 11.1. The number of hydrogen-bond acceptors (Lipinski definition) is 2. The smallest absolute Gasteiger partial charge is 0.115 e. The third-order valence-corrected chi connectivity index (χ3v) is 2.86. The molecule has 2 heteroatoms. The van der Waals surface area contributed by atoms with Crippen LogP contribution in [0.15, 0.2) is 60.7 Å². The van der Waals surface area contributed by atoms with Crippen molar-refractivity contribution in [3.63, 3.8) is 0 Å². The standard InChI is InChI=1S/C16H21NO/c1-4-6-7-13(5-2)12-16(3,17)14-8-10-15(18)11-9-14/h4-11,18H,2,12,17H2,1,3H3/b6-4-,13-7+. The van der Waals surface area contributed by atoms with Gasteiger partial charge in [0.2, 0.25) is 0 Å². The predicted octanol–water partition coefficient (Wildman–Crippen LogP) is 3.64. The number of phenolic OH excluding ortho intramolecular Hbond substituents is 1. The predicted molar refractivity (Wildman–Crippen MR) is 77.4 cm³/mol. The minimum Gasteiger partial charge on any atom is -0.508 e. The van der Waals surface area contributed by atoms with Gasteiger partial charge in [0, 0.05) is 5.54 Å². The van der Waals surface area contributed by atoms with Crippen LogP contribution in [0.25, 0.3) is 0 Å². The Labute approximate surface area is 109 Å². The maximum Gasteiger partial charge on any atom is 0.115 e. The normalized spacial score (nSPS) is 15.6. The van der Waals surface area contributed by atoms with Gasteiger partial charge in [-0.15, -0.1) is 0 Å². The number of phenols is 1. The second kappa shape index (κ2) is 6.22. The van der Waals surface area contributed by atoms with Gasteiger partial charge in [0.15, 0.2) is 0 Å². The quantitative estimate of drug-likeness (QED) is 0.775. The number of nitrogens with two attached hydrogens (primary N) is 1. The van der Waals surface area contributed by atoms with E-state index >= 15 is 0 Å². The maximum atomic E-state index is 9.29. The molecule has 0 aliphatic heterocycles. The van der Waals surface area contributed by atoms with Crippen LogP contribution < -0.4 is 5.73 Å². The number of hydrogen-bond donors (Lipinski definition) is 2. The molecule has 3 N–H and O–H groups in total. The molecule has 0 aromatic heterocycles. The Morgan fingerprint density at radius 2 is 2.00 bits per heavy atom. The highest BCUT2D eigenvalue weighted by Gasteiger charge is 2.21. The molecule has 0 aliphatic carbocycles. The SMILES string of the molecule is C=C/C(=C\C=C/C)CC(C)(N)c1ccc(O)cc1. The van der Waals surface area contributed by atoms with Gasteiger partial charge < -0.3 is 10.8 Å². The molecule has 0 radical (unpaired) electrons. The minimum atomic E-state index is -0.477. The summed E-state index contributed by atoms with van der Waals surface area (Å²) in [5.41, 5.74) is 7.95. The third-order valence-electron chi connectivity index (χ3n) is 2.86. The van der Waals surface area contributed by atoms with Gasteiger partial charge >= 0.3 is 0 Å². The van der Waals surface area contributed by atoms with Gasteiger partial charge in [0.25, 0.3) is 0 Å². The number of aromatic hydroxyl groups is 1. The van der Waals surface area contributed by atoms with Crippen LogP contribution in [-0.2, 0) is 5.54 Å². The molecule has 0 aliphatic rings. The molecule has 0 spiro atoms. The topological polar surface area (TPSA) is 46.2 Å². The van der Waals surface area contributed by atoms with Crippen LogP contribution in [0.5, 0.6) is 5.75 Å². The van der Waals surface area contributed by atoms with Crippen LogP contribution in [0.4, 0.5) is 0 Å². The molecule has 0 saturated carbocycles. The summed E-state index contributed by atoms with van der Waals surface area (Å²) in [6.07, 6.45) is 8.48. The summed E-state index contributed by atoms with van der Waals surface area (Å²) < 4.78 is 0. The van der Waals surface area contributed by atoms with E-state index in [0.29, 0.717) is 6.42 Å². The van der Waals surface area contributed by atoms with E-state index in [-0.39, 0.29) is 5.75 Å². The van der Waals surface area contributed by atoms with Crippen LogP contribution in [0.1, 0.15) is 25.8 Å². The van der Waals surface area contributed by atoms with Crippen LogP contribution in [0, 0.1) is 0 Å². The van der Waals surface area contributed by atoms with Crippen molar-refractivity contribution < 1.29 is 5.11 Å². The second-order valence-corrected chi connectivity index (χ2v) is 4.61. The lowest BCUT2D eigenvalue weighted by Gasteiger charge is -2.26. The van der Waals surface area contributed by atoms with E-state index in [2.05, 4.69) is 6.58 Å². The molecule has 0 fully saturated rings. The van der Waals surface area contributed by atoms with Crippen molar-refractivity contribution in [2.75, 3.05) is 0 Å². The van der Waals surface area contributed by atoms with Crippen molar-refractivity contribution in [1.82, 2.24) is 0 Å². The number of allylic oxidation sites excluding steroid dienone is 4. The lowest BCUT2D eigenvalue weighted by molar-refractivity contribution is 0.469. The van der Waals surface area contributed by atoms with Gasteiger partial charge in [-0.3, -0.25) is 0 Å². The summed E-state index contributed by atoms with van der Waals surface area (Å²) in [7, 11) is 0. The molecule has 2 nitrogen and oxygen atoms in total. The largest absolute Gasteiger partial charge is 0.508 e. The molecule has 0 saturated heterocycles. The van der Waals surface area contributed by atoms with E-state index in [9.17, 15) is 5.11 Å². The van der Waals surface area contributed by atoms with Crippen molar-refractivity contribution in [1.29, 1.82) is 0 Å². The van der Waals surface area contributed by atoms with Crippen molar-refractivity contribution in [3.05, 3.63) is 66.3 Å². The number of benzene rings is 1. The molecule has 0 amide bonds. The summed E-state index contributed by atoms with van der Waals surface area (Å²) in [5.74, 6) is 0.253. The first-order valence-corrected chi connectivity index (χ1v) is 6.02. The molecule has 1 atom stereocenters. The van der Waals surface area contributed by atoms with E-state index in [1.165, 1.54) is 0 Å². The molecule has 96 valence electrons. The molecule has 1 aromatic rings. The fourth-order valence-electron chi connectivity index (χ4n) is 1.79. The Morgan fingerprint density at radius 3 is 2.50 bits per heavy atom. The average molecular weight is 243 g/mol. The zero-order valence-electron chi connectivity index (χ0n) is 11.1. The van der Waals surface area contributed by atoms with Crippen molar-refractivity contribution in [2.24, 2.45) is 5.73 Å². The molecule has 0 bridgehead atoms. The van der Waals surface area contributed by atoms with E-state index in [0.717, 1.165) is 11.1 Å². The van der Waals surface area contributed by atoms with Gasteiger partial charge in [0.05, 0.1) is 0 Å². The third kappa shape index (κ3) is 3.90. The highest BCUT2D eigenvalue weighted by molar-refractivity contribution is 5.33. The van der Waals surface area contributed by atoms with Crippen molar-refractivity contribution >= 4 is 0 Å². The van der Waals surface area contributed by atoms with Crippen LogP contribution in [-0.4, -0.2) is 5.11 Å². The molecule has 0 heterocycles. The second-order valence-electron chi connectivity index (χ2n) is 4.61. The Hall–Kier alpha value is -1.80. The van der Waals surface area contributed by atoms with Crippen LogP contribution in [0.2, 0.25) is 0 Å². The maximum absolute atomic E-state index is 9.29. The molecule has 1 aromatic carbocycles. The van der Waals surface area contributed by atoms with Crippen molar-refractivity contribution in [2.45, 2.75) is 25.8 Å². The van der Waals surface area contributed by atoms with Crippen LogP contribution in [0.3, 0.4) is 0 Å². The van der Waals surface area contributed by atoms with E-state index in [4.69, 9.17) is 5.73 Å². The summed E-state index contributed by atoms with van der Waals surface area (Å²) >= 11 is 0. The van der Waals surface area contributed by atoms with E-state index in [1.807, 2.05) is 50.3 Å². The summed E-state index contributed by atoms with van der Waals surface area (Å²) in [4.78, 5) is 0. The molecule has 1 unspecified atom stereocenters. The minimum absolute atomic E-state index is 0.253.